The maximum absolute atomic E-state index is 14.0. The van der Waals surface area contributed by atoms with E-state index in [9.17, 15) is 4.39 Å². The van der Waals surface area contributed by atoms with Gasteiger partial charge >= 0.3 is 0 Å². The standard InChI is InChI=1S/C21H21Cl2FN6O/c22-14-6-7-15(24)18(23)13(14)11-30-9-8-25-20-17(30)10-16(27-28-20)21-26-19(29-31-21)12-4-2-1-3-5-12/h6-7,10,12H,1-5,8-9,11H2,(H,25,28). The van der Waals surface area contributed by atoms with Gasteiger partial charge in [-0.2, -0.15) is 4.98 Å². The molecule has 0 bridgehead atoms. The van der Waals surface area contributed by atoms with E-state index < -0.39 is 5.82 Å². The number of hydrogen-bond donors (Lipinski definition) is 1. The van der Waals surface area contributed by atoms with Crippen molar-refractivity contribution in [3.8, 4) is 11.6 Å². The second-order valence-corrected chi connectivity index (χ2v) is 8.71. The van der Waals surface area contributed by atoms with E-state index in [2.05, 4.69) is 25.7 Å². The Labute approximate surface area is 188 Å². The highest BCUT2D eigenvalue weighted by molar-refractivity contribution is 6.36. The van der Waals surface area contributed by atoms with Crippen LogP contribution >= 0.6 is 23.2 Å². The number of halogens is 3. The van der Waals surface area contributed by atoms with E-state index in [-0.39, 0.29) is 5.02 Å². The van der Waals surface area contributed by atoms with Gasteiger partial charge < -0.3 is 14.7 Å². The molecule has 162 valence electrons. The van der Waals surface area contributed by atoms with E-state index in [1.54, 1.807) is 0 Å². The van der Waals surface area contributed by atoms with Crippen molar-refractivity contribution in [1.82, 2.24) is 20.3 Å². The van der Waals surface area contributed by atoms with Gasteiger partial charge in [0.25, 0.3) is 5.89 Å². The predicted octanol–water partition coefficient (Wildman–Crippen LogP) is 5.45. The normalized spacial score (nSPS) is 16.8. The molecule has 2 aromatic heterocycles. The van der Waals surface area contributed by atoms with E-state index in [1.807, 2.05) is 11.0 Å². The van der Waals surface area contributed by atoms with Crippen molar-refractivity contribution in [2.24, 2.45) is 0 Å². The Bertz CT molecular complexity index is 1100. The molecule has 7 nitrogen and oxygen atoms in total. The lowest BCUT2D eigenvalue weighted by Gasteiger charge is -2.31. The lowest BCUT2D eigenvalue weighted by atomic mass is 9.89. The summed E-state index contributed by atoms with van der Waals surface area (Å²) in [6.45, 7) is 1.67. The number of hydrogen-bond acceptors (Lipinski definition) is 7. The highest BCUT2D eigenvalue weighted by Gasteiger charge is 2.25. The molecule has 0 unspecified atom stereocenters. The number of rotatable bonds is 4. The summed E-state index contributed by atoms with van der Waals surface area (Å²) in [5.74, 6) is 1.56. The van der Waals surface area contributed by atoms with Gasteiger partial charge in [-0.25, -0.2) is 4.39 Å². The summed E-state index contributed by atoms with van der Waals surface area (Å²) >= 11 is 12.5. The molecular formula is C21H21Cl2FN6O. The van der Waals surface area contributed by atoms with Gasteiger partial charge in [0.15, 0.2) is 17.3 Å². The van der Waals surface area contributed by atoms with Crippen molar-refractivity contribution in [2.45, 2.75) is 44.6 Å². The topological polar surface area (TPSA) is 80.0 Å². The summed E-state index contributed by atoms with van der Waals surface area (Å²) in [6.07, 6.45) is 5.82. The highest BCUT2D eigenvalue weighted by Crippen LogP contribution is 2.36. The quantitative estimate of drug-likeness (QED) is 0.516. The minimum Gasteiger partial charge on any atom is -0.365 e. The largest absolute Gasteiger partial charge is 0.365 e. The molecule has 0 spiro atoms. The molecule has 1 N–H and O–H groups in total. The fraction of sp³-hybridized carbons (Fsp3) is 0.429. The molecule has 1 aliphatic heterocycles. The van der Waals surface area contributed by atoms with Crippen molar-refractivity contribution in [3.63, 3.8) is 0 Å². The Morgan fingerprint density at radius 3 is 2.84 bits per heavy atom. The van der Waals surface area contributed by atoms with Gasteiger partial charge in [0.05, 0.1) is 10.7 Å². The molecule has 1 fully saturated rings. The number of benzene rings is 1. The van der Waals surface area contributed by atoms with Crippen LogP contribution in [-0.4, -0.2) is 33.4 Å². The average Bonchev–Trinajstić information content (AvgIpc) is 3.30. The smallest absolute Gasteiger partial charge is 0.278 e. The number of anilines is 2. The van der Waals surface area contributed by atoms with Crippen LogP contribution in [0.25, 0.3) is 11.6 Å². The average molecular weight is 463 g/mol. The SMILES string of the molecule is Fc1ccc(Cl)c(CN2CCNc3nnc(-c4nc(C5CCCCC5)no4)cc32)c1Cl. The van der Waals surface area contributed by atoms with Crippen molar-refractivity contribution in [3.05, 3.63) is 45.4 Å². The summed E-state index contributed by atoms with van der Waals surface area (Å²) in [5, 5.41) is 16.4. The number of fused-ring (bicyclic) bond motifs is 1. The van der Waals surface area contributed by atoms with Crippen molar-refractivity contribution >= 4 is 34.7 Å². The van der Waals surface area contributed by atoms with Gasteiger partial charge in [0.2, 0.25) is 0 Å². The summed E-state index contributed by atoms with van der Waals surface area (Å²) in [4.78, 5) is 6.63. The third-order valence-electron chi connectivity index (χ3n) is 5.91. The van der Waals surface area contributed by atoms with E-state index in [1.165, 1.54) is 31.4 Å². The van der Waals surface area contributed by atoms with Crippen LogP contribution in [-0.2, 0) is 6.54 Å². The van der Waals surface area contributed by atoms with Crippen LogP contribution in [0.4, 0.5) is 15.9 Å². The lowest BCUT2D eigenvalue weighted by Crippen LogP contribution is -2.34. The molecule has 0 amide bonds. The van der Waals surface area contributed by atoms with Gasteiger partial charge in [0.1, 0.15) is 5.82 Å². The first-order valence-corrected chi connectivity index (χ1v) is 11.2. The Balaban J connectivity index is 1.44. The zero-order valence-electron chi connectivity index (χ0n) is 16.7. The van der Waals surface area contributed by atoms with Crippen LogP contribution in [0.2, 0.25) is 10.0 Å². The van der Waals surface area contributed by atoms with Crippen LogP contribution in [0.3, 0.4) is 0 Å². The van der Waals surface area contributed by atoms with Gasteiger partial charge in [0, 0.05) is 36.1 Å². The third kappa shape index (κ3) is 4.06. The van der Waals surface area contributed by atoms with E-state index in [0.29, 0.717) is 53.5 Å². The molecule has 5 rings (SSSR count). The molecule has 1 saturated carbocycles. The molecular weight excluding hydrogens is 442 g/mol. The summed E-state index contributed by atoms with van der Waals surface area (Å²) in [5.41, 5.74) is 1.83. The second-order valence-electron chi connectivity index (χ2n) is 7.93. The second kappa shape index (κ2) is 8.59. The van der Waals surface area contributed by atoms with Crippen LogP contribution in [0, 0.1) is 5.82 Å². The minimum atomic E-state index is -0.494. The highest BCUT2D eigenvalue weighted by atomic mass is 35.5. The molecule has 1 aliphatic carbocycles. The zero-order chi connectivity index (χ0) is 21.4. The Morgan fingerprint density at radius 1 is 1.16 bits per heavy atom. The molecule has 3 aromatic rings. The van der Waals surface area contributed by atoms with Crippen molar-refractivity contribution in [2.75, 3.05) is 23.3 Å². The zero-order valence-corrected chi connectivity index (χ0v) is 18.3. The predicted molar refractivity (Wildman–Crippen MR) is 117 cm³/mol. The lowest BCUT2D eigenvalue weighted by molar-refractivity contribution is 0.384. The molecule has 0 atom stereocenters. The van der Waals surface area contributed by atoms with Gasteiger partial charge in [-0.05, 0) is 31.0 Å². The molecule has 31 heavy (non-hydrogen) atoms. The van der Waals surface area contributed by atoms with Crippen LogP contribution < -0.4 is 10.2 Å². The summed E-state index contributed by atoms with van der Waals surface area (Å²) in [7, 11) is 0. The monoisotopic (exact) mass is 462 g/mol. The Hall–Kier alpha value is -2.45. The number of aromatic nitrogens is 4. The molecule has 0 radical (unpaired) electrons. The van der Waals surface area contributed by atoms with Crippen LogP contribution in [0.15, 0.2) is 22.7 Å². The van der Waals surface area contributed by atoms with Crippen LogP contribution in [0.5, 0.6) is 0 Å². The maximum Gasteiger partial charge on any atom is 0.278 e. The van der Waals surface area contributed by atoms with Crippen molar-refractivity contribution < 1.29 is 8.91 Å². The fourth-order valence-corrected chi connectivity index (χ4v) is 4.71. The third-order valence-corrected chi connectivity index (χ3v) is 6.67. The van der Waals surface area contributed by atoms with Gasteiger partial charge in [-0.15, -0.1) is 10.2 Å². The van der Waals surface area contributed by atoms with Gasteiger partial charge in [-0.1, -0.05) is 47.6 Å². The van der Waals surface area contributed by atoms with Crippen LogP contribution in [0.1, 0.15) is 49.4 Å². The minimum absolute atomic E-state index is 0.0313. The Morgan fingerprint density at radius 2 is 2.00 bits per heavy atom. The number of nitrogens with zero attached hydrogens (tertiary/aromatic N) is 5. The molecule has 0 saturated heterocycles. The Kier molecular flexibility index (Phi) is 5.67. The van der Waals surface area contributed by atoms with Gasteiger partial charge in [-0.3, -0.25) is 0 Å². The first-order valence-electron chi connectivity index (χ1n) is 10.4. The van der Waals surface area contributed by atoms with E-state index in [4.69, 9.17) is 27.7 Å². The molecule has 2 aliphatic rings. The first-order chi connectivity index (χ1) is 15.1. The number of nitrogens with one attached hydrogen (secondary N) is 1. The van der Waals surface area contributed by atoms with Crippen molar-refractivity contribution in [1.29, 1.82) is 0 Å². The maximum atomic E-state index is 14.0. The first kappa shape index (κ1) is 20.5. The van der Waals surface area contributed by atoms with E-state index in [0.717, 1.165) is 24.4 Å². The molecule has 1 aromatic carbocycles. The van der Waals surface area contributed by atoms with E-state index >= 15 is 0 Å². The summed E-state index contributed by atoms with van der Waals surface area (Å²) < 4.78 is 19.5. The molecule has 3 heterocycles. The fourth-order valence-electron chi connectivity index (χ4n) is 4.22. The summed E-state index contributed by atoms with van der Waals surface area (Å²) in [6, 6.07) is 4.64. The molecule has 10 heteroatoms.